The van der Waals surface area contributed by atoms with E-state index in [9.17, 15) is 9.59 Å². The number of fused-ring (bicyclic) bond motifs is 1. The van der Waals surface area contributed by atoms with E-state index in [4.69, 9.17) is 4.74 Å². The summed E-state index contributed by atoms with van der Waals surface area (Å²) < 4.78 is 5.68. The Balaban J connectivity index is 1.86. The summed E-state index contributed by atoms with van der Waals surface area (Å²) in [6.07, 6.45) is 4.52. The third kappa shape index (κ3) is 3.63. The number of aromatic nitrogens is 1. The Labute approximate surface area is 146 Å². The number of amides is 2. The van der Waals surface area contributed by atoms with Crippen LogP contribution in [0.25, 0.3) is 0 Å². The minimum absolute atomic E-state index is 0.0586. The van der Waals surface area contributed by atoms with Gasteiger partial charge in [0, 0.05) is 24.6 Å². The van der Waals surface area contributed by atoms with Gasteiger partial charge in [-0.25, -0.2) is 0 Å². The van der Waals surface area contributed by atoms with E-state index in [-0.39, 0.29) is 11.8 Å². The van der Waals surface area contributed by atoms with Gasteiger partial charge in [0.25, 0.3) is 11.8 Å². The highest BCUT2D eigenvalue weighted by Gasteiger charge is 2.31. The maximum Gasteiger partial charge on any atom is 0.267 e. The average Bonchev–Trinajstić information content (AvgIpc) is 2.63. The molecule has 6 nitrogen and oxygen atoms in total. The van der Waals surface area contributed by atoms with Crippen LogP contribution in [0, 0.1) is 0 Å². The number of pyridine rings is 1. The van der Waals surface area contributed by atoms with Crippen LogP contribution < -0.4 is 15.0 Å². The van der Waals surface area contributed by atoms with Crippen molar-refractivity contribution in [2.75, 3.05) is 16.8 Å². The second kappa shape index (κ2) is 7.34. The lowest BCUT2D eigenvalue weighted by molar-refractivity contribution is -0.125. The molecule has 0 spiro atoms. The molecular formula is C19H21N3O3. The molecule has 0 saturated carbocycles. The zero-order valence-corrected chi connectivity index (χ0v) is 14.4. The van der Waals surface area contributed by atoms with Crippen LogP contribution >= 0.6 is 0 Å². The van der Waals surface area contributed by atoms with Gasteiger partial charge in [0.15, 0.2) is 6.10 Å². The van der Waals surface area contributed by atoms with Crippen molar-refractivity contribution in [1.82, 2.24) is 4.98 Å². The first-order valence-electron chi connectivity index (χ1n) is 8.43. The predicted molar refractivity (Wildman–Crippen MR) is 96.0 cm³/mol. The highest BCUT2D eigenvalue weighted by atomic mass is 16.5. The molecule has 0 aliphatic carbocycles. The molecule has 1 atom stereocenters. The van der Waals surface area contributed by atoms with Crippen molar-refractivity contribution in [3.63, 3.8) is 0 Å². The third-order valence-corrected chi connectivity index (χ3v) is 4.08. The van der Waals surface area contributed by atoms with Gasteiger partial charge in [0.2, 0.25) is 0 Å². The Morgan fingerprint density at radius 2 is 2.20 bits per heavy atom. The molecule has 25 heavy (non-hydrogen) atoms. The minimum atomic E-state index is -0.500. The number of nitrogens with one attached hydrogen (secondary N) is 1. The van der Waals surface area contributed by atoms with Gasteiger partial charge >= 0.3 is 0 Å². The lowest BCUT2D eigenvalue weighted by Crippen LogP contribution is -2.44. The van der Waals surface area contributed by atoms with E-state index in [0.29, 0.717) is 29.2 Å². The van der Waals surface area contributed by atoms with Gasteiger partial charge in [0.1, 0.15) is 5.75 Å². The zero-order chi connectivity index (χ0) is 17.8. The molecule has 130 valence electrons. The number of anilines is 2. The zero-order valence-electron chi connectivity index (χ0n) is 14.4. The molecule has 0 fully saturated rings. The fraction of sp³-hybridized carbons (Fsp3) is 0.316. The number of hydrogen-bond donors (Lipinski definition) is 1. The summed E-state index contributed by atoms with van der Waals surface area (Å²) >= 11 is 0. The lowest BCUT2D eigenvalue weighted by atomic mass is 10.1. The van der Waals surface area contributed by atoms with Crippen LogP contribution in [0.2, 0.25) is 0 Å². The second-order valence-electron chi connectivity index (χ2n) is 5.98. The second-order valence-corrected chi connectivity index (χ2v) is 5.98. The number of rotatable bonds is 5. The first-order chi connectivity index (χ1) is 12.1. The van der Waals surface area contributed by atoms with Crippen LogP contribution in [-0.2, 0) is 4.79 Å². The predicted octanol–water partition coefficient (Wildman–Crippen LogP) is 3.25. The van der Waals surface area contributed by atoms with Crippen molar-refractivity contribution in [2.24, 2.45) is 0 Å². The Hall–Kier alpha value is -2.89. The van der Waals surface area contributed by atoms with E-state index in [0.717, 1.165) is 12.8 Å². The Morgan fingerprint density at radius 3 is 2.92 bits per heavy atom. The maximum atomic E-state index is 12.5. The molecule has 2 aromatic rings. The molecule has 3 rings (SSSR count). The van der Waals surface area contributed by atoms with E-state index < -0.39 is 6.10 Å². The quantitative estimate of drug-likeness (QED) is 0.908. The molecular weight excluding hydrogens is 318 g/mol. The van der Waals surface area contributed by atoms with Crippen molar-refractivity contribution in [3.8, 4) is 5.75 Å². The first kappa shape index (κ1) is 17.0. The van der Waals surface area contributed by atoms with Gasteiger partial charge in [-0.05, 0) is 43.7 Å². The van der Waals surface area contributed by atoms with Crippen molar-refractivity contribution in [3.05, 3.63) is 48.3 Å². The van der Waals surface area contributed by atoms with Crippen LogP contribution in [-0.4, -0.2) is 29.4 Å². The molecule has 1 aliphatic rings. The van der Waals surface area contributed by atoms with Gasteiger partial charge < -0.3 is 15.0 Å². The maximum absolute atomic E-state index is 12.5. The first-order valence-corrected chi connectivity index (χ1v) is 8.43. The smallest absolute Gasteiger partial charge is 0.267 e. The van der Waals surface area contributed by atoms with Crippen molar-refractivity contribution in [2.45, 2.75) is 32.8 Å². The Morgan fingerprint density at radius 1 is 1.36 bits per heavy atom. The molecule has 2 amide bonds. The summed E-state index contributed by atoms with van der Waals surface area (Å²) in [6.45, 7) is 4.47. The standard InChI is InChI=1S/C19H21N3O3/c1-3-4-10-22-16-11-15(7-8-17(16)25-13(2)19(22)24)21-18(23)14-6-5-9-20-12-14/h5-9,11-13H,3-4,10H2,1-2H3,(H,21,23). The molecule has 0 bridgehead atoms. The highest BCUT2D eigenvalue weighted by molar-refractivity contribution is 6.05. The molecule has 1 N–H and O–H groups in total. The fourth-order valence-electron chi connectivity index (χ4n) is 2.73. The number of benzene rings is 1. The summed E-state index contributed by atoms with van der Waals surface area (Å²) in [5.74, 6) is 0.351. The number of carbonyl (C=O) groups is 2. The monoisotopic (exact) mass is 339 g/mol. The summed E-state index contributed by atoms with van der Waals surface area (Å²) in [4.78, 5) is 30.4. The highest BCUT2D eigenvalue weighted by Crippen LogP contribution is 2.36. The lowest BCUT2D eigenvalue weighted by Gasteiger charge is -2.33. The largest absolute Gasteiger partial charge is 0.479 e. The van der Waals surface area contributed by atoms with E-state index in [1.165, 1.54) is 6.20 Å². The van der Waals surface area contributed by atoms with Crippen LogP contribution in [0.1, 0.15) is 37.0 Å². The van der Waals surface area contributed by atoms with Crippen molar-refractivity contribution < 1.29 is 14.3 Å². The minimum Gasteiger partial charge on any atom is -0.479 e. The third-order valence-electron chi connectivity index (χ3n) is 4.08. The summed E-state index contributed by atoms with van der Waals surface area (Å²) in [5.41, 5.74) is 1.78. The van der Waals surface area contributed by atoms with Crippen LogP contribution in [0.3, 0.4) is 0 Å². The summed E-state index contributed by atoms with van der Waals surface area (Å²) in [6, 6.07) is 8.75. The topological polar surface area (TPSA) is 71.5 Å². The van der Waals surface area contributed by atoms with Crippen LogP contribution in [0.5, 0.6) is 5.75 Å². The van der Waals surface area contributed by atoms with Crippen LogP contribution in [0.15, 0.2) is 42.7 Å². The normalized spacial score (nSPS) is 16.2. The molecule has 0 saturated heterocycles. The van der Waals surface area contributed by atoms with E-state index in [1.54, 1.807) is 48.4 Å². The van der Waals surface area contributed by atoms with Gasteiger partial charge in [0.05, 0.1) is 11.3 Å². The van der Waals surface area contributed by atoms with Gasteiger partial charge in [-0.3, -0.25) is 14.6 Å². The van der Waals surface area contributed by atoms with Gasteiger partial charge in [-0.15, -0.1) is 0 Å². The fourth-order valence-corrected chi connectivity index (χ4v) is 2.73. The Kier molecular flexibility index (Phi) is 4.97. The molecule has 1 aromatic carbocycles. The Bertz CT molecular complexity index is 777. The number of ether oxygens (including phenoxy) is 1. The van der Waals surface area contributed by atoms with E-state index in [2.05, 4.69) is 17.2 Å². The molecule has 1 unspecified atom stereocenters. The molecule has 0 radical (unpaired) electrons. The number of hydrogen-bond acceptors (Lipinski definition) is 4. The molecule has 1 aromatic heterocycles. The average molecular weight is 339 g/mol. The molecule has 2 heterocycles. The molecule has 1 aliphatic heterocycles. The van der Waals surface area contributed by atoms with Gasteiger partial charge in [-0.2, -0.15) is 0 Å². The van der Waals surface area contributed by atoms with Crippen molar-refractivity contribution in [1.29, 1.82) is 0 Å². The van der Waals surface area contributed by atoms with E-state index >= 15 is 0 Å². The number of nitrogens with zero attached hydrogens (tertiary/aromatic N) is 2. The van der Waals surface area contributed by atoms with E-state index in [1.807, 2.05) is 0 Å². The summed E-state index contributed by atoms with van der Waals surface area (Å²) in [5, 5.41) is 2.84. The van der Waals surface area contributed by atoms with Crippen molar-refractivity contribution >= 4 is 23.2 Å². The van der Waals surface area contributed by atoms with Crippen LogP contribution in [0.4, 0.5) is 11.4 Å². The van der Waals surface area contributed by atoms with Gasteiger partial charge in [-0.1, -0.05) is 13.3 Å². The molecule has 6 heteroatoms. The number of unbranched alkanes of at least 4 members (excludes halogenated alkanes) is 1. The number of carbonyl (C=O) groups excluding carboxylic acids is 2. The summed E-state index contributed by atoms with van der Waals surface area (Å²) in [7, 11) is 0. The SMILES string of the molecule is CCCCN1C(=O)C(C)Oc2ccc(NC(=O)c3cccnc3)cc21.